The Bertz CT molecular complexity index is 1720. The van der Waals surface area contributed by atoms with Crippen molar-refractivity contribution in [3.8, 4) is 11.5 Å². The van der Waals surface area contributed by atoms with Gasteiger partial charge in [0.15, 0.2) is 11.5 Å². The Morgan fingerprint density at radius 1 is 0.830 bits per heavy atom. The summed E-state index contributed by atoms with van der Waals surface area (Å²) in [4.78, 5) is 29.7. The van der Waals surface area contributed by atoms with Crippen molar-refractivity contribution in [1.82, 2.24) is 10.2 Å². The van der Waals surface area contributed by atoms with Gasteiger partial charge >= 0.3 is 0 Å². The van der Waals surface area contributed by atoms with Gasteiger partial charge in [-0.2, -0.15) is 0 Å². The van der Waals surface area contributed by atoms with Crippen molar-refractivity contribution >= 4 is 39.1 Å². The van der Waals surface area contributed by atoms with Crippen molar-refractivity contribution in [2.24, 2.45) is 0 Å². The predicted molar refractivity (Wildman–Crippen MR) is 184 cm³/mol. The Labute approximate surface area is 282 Å². The minimum atomic E-state index is -4.31. The molecule has 0 spiro atoms. The van der Waals surface area contributed by atoms with Gasteiger partial charge in [0.2, 0.25) is 11.8 Å². The Balaban J connectivity index is 1.79. The first kappa shape index (κ1) is 35.3. The average molecular weight is 678 g/mol. The number of carbonyl (C=O) groups excluding carboxylic acids is 2. The SMILES string of the molecule is CCCCNC(=O)C(Cc1ccccc1)N(Cc1ccc(Cl)cc1)C(=O)CN(c1ccccc1)S(=O)(=O)c1ccc(OC)c(OC)c1. The number of hydrogen-bond donors (Lipinski definition) is 1. The van der Waals surface area contributed by atoms with E-state index in [4.69, 9.17) is 21.1 Å². The average Bonchev–Trinajstić information content (AvgIpc) is 3.09. The second kappa shape index (κ2) is 16.9. The van der Waals surface area contributed by atoms with E-state index in [1.165, 1.54) is 37.3 Å². The van der Waals surface area contributed by atoms with Gasteiger partial charge in [0, 0.05) is 30.6 Å². The number of halogens is 1. The fourth-order valence-electron chi connectivity index (χ4n) is 5.07. The van der Waals surface area contributed by atoms with Crippen molar-refractivity contribution in [2.45, 2.75) is 43.7 Å². The maximum atomic E-state index is 14.5. The zero-order chi connectivity index (χ0) is 33.8. The molecule has 0 bridgehead atoms. The van der Waals surface area contributed by atoms with Gasteiger partial charge in [-0.25, -0.2) is 8.42 Å². The summed E-state index contributed by atoms with van der Waals surface area (Å²) in [7, 11) is -1.43. The van der Waals surface area contributed by atoms with Crippen LogP contribution in [0.2, 0.25) is 5.02 Å². The summed E-state index contributed by atoms with van der Waals surface area (Å²) in [5.41, 5.74) is 1.88. The molecule has 0 aliphatic rings. The van der Waals surface area contributed by atoms with E-state index in [2.05, 4.69) is 5.32 Å². The van der Waals surface area contributed by atoms with Crippen LogP contribution in [0.1, 0.15) is 30.9 Å². The summed E-state index contributed by atoms with van der Waals surface area (Å²) in [5, 5.41) is 3.52. The van der Waals surface area contributed by atoms with E-state index in [1.54, 1.807) is 54.6 Å². The number of hydrogen-bond acceptors (Lipinski definition) is 6. The van der Waals surface area contributed by atoms with Gasteiger partial charge in [-0.05, 0) is 53.9 Å². The number of sulfonamides is 1. The molecular weight excluding hydrogens is 638 g/mol. The van der Waals surface area contributed by atoms with Crippen LogP contribution in [-0.2, 0) is 32.6 Å². The van der Waals surface area contributed by atoms with Crippen LogP contribution >= 0.6 is 11.6 Å². The lowest BCUT2D eigenvalue weighted by molar-refractivity contribution is -0.140. The van der Waals surface area contributed by atoms with Crippen molar-refractivity contribution < 1.29 is 27.5 Å². The molecule has 0 fully saturated rings. The Kier molecular flexibility index (Phi) is 12.7. The fourth-order valence-corrected chi connectivity index (χ4v) is 6.63. The van der Waals surface area contributed by atoms with E-state index < -0.39 is 28.5 Å². The highest BCUT2D eigenvalue weighted by Crippen LogP contribution is 2.32. The summed E-state index contributed by atoms with van der Waals surface area (Å²) in [6.45, 7) is 1.96. The molecule has 47 heavy (non-hydrogen) atoms. The van der Waals surface area contributed by atoms with Crippen molar-refractivity contribution in [3.05, 3.63) is 119 Å². The number of unbranched alkanes of at least 4 members (excludes halogenated alkanes) is 1. The van der Waals surface area contributed by atoms with Gasteiger partial charge in [-0.1, -0.05) is 85.6 Å². The normalized spacial score (nSPS) is 11.7. The molecule has 1 unspecified atom stereocenters. The van der Waals surface area contributed by atoms with E-state index in [9.17, 15) is 18.0 Å². The minimum Gasteiger partial charge on any atom is -0.493 e. The van der Waals surface area contributed by atoms with Crippen LogP contribution in [0.4, 0.5) is 5.69 Å². The van der Waals surface area contributed by atoms with Gasteiger partial charge in [0.1, 0.15) is 12.6 Å². The van der Waals surface area contributed by atoms with Crippen molar-refractivity contribution in [1.29, 1.82) is 0 Å². The van der Waals surface area contributed by atoms with Crippen LogP contribution in [0.25, 0.3) is 0 Å². The number of nitrogens with zero attached hydrogens (tertiary/aromatic N) is 2. The molecule has 4 aromatic rings. The molecule has 0 heterocycles. The van der Waals surface area contributed by atoms with Crippen LogP contribution < -0.4 is 19.1 Å². The van der Waals surface area contributed by atoms with Crippen LogP contribution in [0, 0.1) is 0 Å². The maximum absolute atomic E-state index is 14.5. The number of amides is 2. The number of carbonyl (C=O) groups is 2. The van der Waals surface area contributed by atoms with E-state index in [0.29, 0.717) is 17.3 Å². The summed E-state index contributed by atoms with van der Waals surface area (Å²) < 4.78 is 40.3. The molecule has 0 radical (unpaired) electrons. The number of para-hydroxylation sites is 1. The molecule has 0 saturated heterocycles. The van der Waals surface area contributed by atoms with Crippen molar-refractivity contribution in [3.63, 3.8) is 0 Å². The third kappa shape index (κ3) is 9.27. The Morgan fingerprint density at radius 3 is 2.09 bits per heavy atom. The molecule has 2 amide bonds. The number of anilines is 1. The van der Waals surface area contributed by atoms with Gasteiger partial charge in [0.25, 0.3) is 10.0 Å². The highest BCUT2D eigenvalue weighted by atomic mass is 35.5. The topological polar surface area (TPSA) is 105 Å². The van der Waals surface area contributed by atoms with Gasteiger partial charge in [-0.15, -0.1) is 0 Å². The predicted octanol–water partition coefficient (Wildman–Crippen LogP) is 6.11. The Hall–Kier alpha value is -4.54. The first-order chi connectivity index (χ1) is 22.7. The van der Waals surface area contributed by atoms with E-state index >= 15 is 0 Å². The first-order valence-corrected chi connectivity index (χ1v) is 17.1. The third-order valence-electron chi connectivity index (χ3n) is 7.63. The van der Waals surface area contributed by atoms with Crippen molar-refractivity contribution in [2.75, 3.05) is 31.6 Å². The lowest BCUT2D eigenvalue weighted by atomic mass is 10.0. The highest BCUT2D eigenvalue weighted by molar-refractivity contribution is 7.92. The standard InChI is InChI=1S/C36H40ClN3O6S/c1-4-5-22-38-36(42)32(23-27-12-8-6-9-13-27)39(25-28-16-18-29(37)19-17-28)35(41)26-40(30-14-10-7-11-15-30)47(43,44)31-20-21-33(45-2)34(24-31)46-3/h6-21,24,32H,4-5,22-23,25-26H2,1-3H3,(H,38,42). The van der Waals surface area contributed by atoms with E-state index in [-0.39, 0.29) is 35.2 Å². The van der Waals surface area contributed by atoms with Gasteiger partial charge < -0.3 is 19.7 Å². The minimum absolute atomic E-state index is 0.0493. The van der Waals surface area contributed by atoms with E-state index in [0.717, 1.165) is 28.3 Å². The zero-order valence-corrected chi connectivity index (χ0v) is 28.3. The summed E-state index contributed by atoms with van der Waals surface area (Å²) >= 11 is 6.15. The molecule has 9 nitrogen and oxygen atoms in total. The number of methoxy groups -OCH3 is 2. The summed E-state index contributed by atoms with van der Waals surface area (Å²) in [6.07, 6.45) is 1.89. The third-order valence-corrected chi connectivity index (χ3v) is 9.65. The van der Waals surface area contributed by atoms with Crippen LogP contribution in [-0.4, -0.2) is 58.5 Å². The number of nitrogens with one attached hydrogen (secondary N) is 1. The van der Waals surface area contributed by atoms with Crippen LogP contribution in [0.15, 0.2) is 108 Å². The monoisotopic (exact) mass is 677 g/mol. The molecule has 1 atom stereocenters. The van der Waals surface area contributed by atoms with Crippen LogP contribution in [0.5, 0.6) is 11.5 Å². The Morgan fingerprint density at radius 2 is 1.47 bits per heavy atom. The summed E-state index contributed by atoms with van der Waals surface area (Å²) in [5.74, 6) is -0.289. The van der Waals surface area contributed by atoms with Crippen LogP contribution in [0.3, 0.4) is 0 Å². The lowest BCUT2D eigenvalue weighted by Gasteiger charge is -2.34. The largest absolute Gasteiger partial charge is 0.493 e. The fraction of sp³-hybridized carbons (Fsp3) is 0.278. The molecular formula is C36H40ClN3O6S. The molecule has 0 aromatic heterocycles. The maximum Gasteiger partial charge on any atom is 0.264 e. The number of rotatable bonds is 16. The van der Waals surface area contributed by atoms with Gasteiger partial charge in [-0.3, -0.25) is 13.9 Å². The number of benzene rings is 4. The molecule has 4 aromatic carbocycles. The molecule has 0 aliphatic heterocycles. The molecule has 0 saturated carbocycles. The first-order valence-electron chi connectivity index (χ1n) is 15.3. The molecule has 11 heteroatoms. The summed E-state index contributed by atoms with van der Waals surface area (Å²) in [6, 6.07) is 28.1. The quantitative estimate of drug-likeness (QED) is 0.144. The lowest BCUT2D eigenvalue weighted by Crippen LogP contribution is -2.53. The second-order valence-electron chi connectivity index (χ2n) is 10.9. The molecule has 4 rings (SSSR count). The molecule has 248 valence electrons. The zero-order valence-electron chi connectivity index (χ0n) is 26.8. The highest BCUT2D eigenvalue weighted by Gasteiger charge is 2.35. The molecule has 1 N–H and O–H groups in total. The van der Waals surface area contributed by atoms with E-state index in [1.807, 2.05) is 37.3 Å². The number of ether oxygens (including phenoxy) is 2. The van der Waals surface area contributed by atoms with Gasteiger partial charge in [0.05, 0.1) is 24.8 Å². The second-order valence-corrected chi connectivity index (χ2v) is 13.2. The molecule has 0 aliphatic carbocycles. The smallest absolute Gasteiger partial charge is 0.264 e.